The molecule has 2 saturated heterocycles. The van der Waals surface area contributed by atoms with Gasteiger partial charge in [0.1, 0.15) is 36.5 Å². The van der Waals surface area contributed by atoms with Crippen LogP contribution in [0, 0.1) is 0 Å². The molecule has 16 heteroatoms. The molecule has 2 aromatic heterocycles. The molecule has 2 aromatic rings. The van der Waals surface area contributed by atoms with Crippen molar-refractivity contribution in [3.8, 4) is 0 Å². The predicted octanol–water partition coefficient (Wildman–Crippen LogP) is 6.91. The van der Waals surface area contributed by atoms with Crippen LogP contribution in [0.5, 0.6) is 0 Å². The van der Waals surface area contributed by atoms with Crippen LogP contribution in [0.15, 0.2) is 6.20 Å². The van der Waals surface area contributed by atoms with E-state index in [9.17, 15) is 17.8 Å². The SMILES string of the molecule is CC(C)(C)OC(=O)N(c1nc(Cl)nc2c1cnn2[C@@H]1O[C@H](CS(=O)(=O)CP(=O)(C(C)(C)C)C(C)(C)C)[C@H]2OC(C)(C)O[C@H]21)C1CCCC1. The summed E-state index contributed by atoms with van der Waals surface area (Å²) in [6, 6.07) is -0.149. The van der Waals surface area contributed by atoms with Crippen molar-refractivity contribution in [2.45, 2.75) is 154 Å². The number of fused-ring (bicyclic) bond motifs is 2. The number of aromatic nitrogens is 4. The molecule has 0 spiro atoms. The second-order valence-electron chi connectivity index (χ2n) is 16.7. The summed E-state index contributed by atoms with van der Waals surface area (Å²) >= 11 is 6.51. The Bertz CT molecular complexity index is 1690. The first kappa shape index (κ1) is 37.4. The van der Waals surface area contributed by atoms with Crippen molar-refractivity contribution in [3.63, 3.8) is 0 Å². The van der Waals surface area contributed by atoms with Crippen molar-refractivity contribution < 1.29 is 36.7 Å². The number of sulfone groups is 1. The van der Waals surface area contributed by atoms with E-state index in [1.165, 1.54) is 4.68 Å². The summed E-state index contributed by atoms with van der Waals surface area (Å²) in [6.07, 6.45) is 1.05. The second kappa shape index (κ2) is 12.4. The number of hydrogen-bond donors (Lipinski definition) is 0. The Hall–Kier alpha value is -1.83. The van der Waals surface area contributed by atoms with Crippen molar-refractivity contribution in [3.05, 3.63) is 11.5 Å². The molecular formula is C32H51ClN5O8PS. The number of hydrogen-bond acceptors (Lipinski definition) is 11. The summed E-state index contributed by atoms with van der Waals surface area (Å²) < 4.78 is 68.2. The van der Waals surface area contributed by atoms with Gasteiger partial charge in [0.25, 0.3) is 0 Å². The molecule has 13 nitrogen and oxygen atoms in total. The van der Waals surface area contributed by atoms with Crippen molar-refractivity contribution in [1.82, 2.24) is 19.7 Å². The molecule has 0 N–H and O–H groups in total. The Balaban J connectivity index is 1.52. The maximum Gasteiger partial charge on any atom is 0.416 e. The fourth-order valence-corrected chi connectivity index (χ4v) is 15.8. The molecule has 48 heavy (non-hydrogen) atoms. The molecule has 0 bridgehead atoms. The first-order valence-electron chi connectivity index (χ1n) is 16.6. The summed E-state index contributed by atoms with van der Waals surface area (Å²) in [4.78, 5) is 24.1. The van der Waals surface area contributed by atoms with Gasteiger partial charge in [-0.2, -0.15) is 15.1 Å². The molecule has 5 rings (SSSR count). The molecule has 1 amide bonds. The second-order valence-corrected chi connectivity index (χ2v) is 24.0. The fourth-order valence-electron chi connectivity index (χ4n) is 7.10. The monoisotopic (exact) mass is 731 g/mol. The summed E-state index contributed by atoms with van der Waals surface area (Å²) in [5, 5.41) is 3.48. The van der Waals surface area contributed by atoms with Crippen molar-refractivity contribution in [1.29, 1.82) is 0 Å². The van der Waals surface area contributed by atoms with Crippen LogP contribution in [0.3, 0.4) is 0 Å². The number of anilines is 1. The van der Waals surface area contributed by atoms with E-state index >= 15 is 0 Å². The summed E-state index contributed by atoms with van der Waals surface area (Å²) in [7, 11) is -7.19. The Morgan fingerprint density at radius 3 is 2.19 bits per heavy atom. The lowest BCUT2D eigenvalue weighted by Crippen LogP contribution is -2.43. The molecule has 0 aromatic carbocycles. The van der Waals surface area contributed by atoms with Crippen LogP contribution in [-0.2, 0) is 33.3 Å². The number of nitrogens with zero attached hydrogens (tertiary/aromatic N) is 5. The Morgan fingerprint density at radius 2 is 1.62 bits per heavy atom. The molecule has 4 atom stereocenters. The third-order valence-corrected chi connectivity index (χ3v) is 17.6. The van der Waals surface area contributed by atoms with E-state index in [0.29, 0.717) is 5.39 Å². The van der Waals surface area contributed by atoms with Crippen LogP contribution in [0.1, 0.15) is 108 Å². The van der Waals surface area contributed by atoms with Gasteiger partial charge in [0, 0.05) is 16.4 Å². The smallest absolute Gasteiger partial charge is 0.416 e. The topological polar surface area (TPSA) is 152 Å². The van der Waals surface area contributed by atoms with E-state index in [4.69, 9.17) is 30.5 Å². The van der Waals surface area contributed by atoms with E-state index in [0.717, 1.165) is 25.7 Å². The highest BCUT2D eigenvalue weighted by Gasteiger charge is 2.58. The quantitative estimate of drug-likeness (QED) is 0.216. The van der Waals surface area contributed by atoms with Crippen molar-refractivity contribution in [2.75, 3.05) is 16.1 Å². The predicted molar refractivity (Wildman–Crippen MR) is 185 cm³/mol. The van der Waals surface area contributed by atoms with Gasteiger partial charge in [-0.05, 0) is 59.1 Å². The summed E-state index contributed by atoms with van der Waals surface area (Å²) in [5.74, 6) is -1.19. The van der Waals surface area contributed by atoms with Crippen LogP contribution in [0.4, 0.5) is 10.6 Å². The van der Waals surface area contributed by atoms with Crippen molar-refractivity contribution in [2.24, 2.45) is 0 Å². The Labute approximate surface area is 289 Å². The number of rotatable bonds is 7. The van der Waals surface area contributed by atoms with Crippen molar-refractivity contribution >= 4 is 51.5 Å². The highest BCUT2D eigenvalue weighted by Crippen LogP contribution is 2.67. The van der Waals surface area contributed by atoms with Crippen LogP contribution < -0.4 is 4.90 Å². The zero-order valence-electron chi connectivity index (χ0n) is 29.9. The van der Waals surface area contributed by atoms with Crippen LogP contribution >= 0.6 is 18.7 Å². The molecule has 3 aliphatic rings. The molecule has 0 radical (unpaired) electrons. The average molecular weight is 732 g/mol. The molecular weight excluding hydrogens is 681 g/mol. The van der Waals surface area contributed by atoms with Gasteiger partial charge in [-0.15, -0.1) is 0 Å². The molecule has 270 valence electrons. The lowest BCUT2D eigenvalue weighted by Gasteiger charge is -2.41. The highest BCUT2D eigenvalue weighted by atomic mass is 35.5. The Morgan fingerprint density at radius 1 is 1.04 bits per heavy atom. The zero-order valence-corrected chi connectivity index (χ0v) is 32.4. The van der Waals surface area contributed by atoms with Gasteiger partial charge >= 0.3 is 6.09 Å². The molecule has 3 fully saturated rings. The first-order valence-corrected chi connectivity index (χ1v) is 20.7. The van der Waals surface area contributed by atoms with E-state index in [1.54, 1.807) is 45.7 Å². The largest absolute Gasteiger partial charge is 0.443 e. The lowest BCUT2D eigenvalue weighted by atomic mass is 10.1. The van der Waals surface area contributed by atoms with Gasteiger partial charge in [0.05, 0.1) is 17.3 Å². The summed E-state index contributed by atoms with van der Waals surface area (Å²) in [5.41, 5.74) is -0.921. The number of carbonyl (C=O) groups excluding carboxylic acids is 1. The molecule has 0 unspecified atom stereocenters. The minimum Gasteiger partial charge on any atom is -0.443 e. The normalized spacial score (nSPS) is 25.5. The number of halogens is 1. The maximum absolute atomic E-state index is 14.4. The Kier molecular flexibility index (Phi) is 9.70. The van der Waals surface area contributed by atoms with Gasteiger partial charge in [-0.1, -0.05) is 54.4 Å². The first-order chi connectivity index (χ1) is 21.8. The van der Waals surface area contributed by atoms with Gasteiger partial charge in [0.2, 0.25) is 5.28 Å². The zero-order chi connectivity index (χ0) is 35.8. The van der Waals surface area contributed by atoms with Gasteiger partial charge in [-0.3, -0.25) is 4.90 Å². The third-order valence-electron chi connectivity index (χ3n) is 9.24. The minimum absolute atomic E-state index is 0.108. The van der Waals surface area contributed by atoms with Crippen LogP contribution in [-0.4, -0.2) is 91.6 Å². The van der Waals surface area contributed by atoms with E-state index in [1.807, 2.05) is 41.5 Å². The van der Waals surface area contributed by atoms with Gasteiger partial charge in [-0.25, -0.2) is 17.9 Å². The van der Waals surface area contributed by atoms with Crippen LogP contribution in [0.25, 0.3) is 11.0 Å². The standard InChI is InChI=1S/C32H51ClN5O8PS/c1-29(2,3)46-28(39)37(19-14-12-13-15-19)24-20-16-34-38(25(20)36-27(33)35-24)26-23-22(44-32(10,11)45-23)21(43-26)17-48(41,42)18-47(40,30(4,5)6)31(7,8)9/h16,19,21-23,26H,12-15,17-18H2,1-11H3/t21-,22-,23-,26-/m1/s1. The van der Waals surface area contributed by atoms with E-state index in [-0.39, 0.29) is 22.8 Å². The number of amides is 1. The van der Waals surface area contributed by atoms with Crippen LogP contribution in [0.2, 0.25) is 5.28 Å². The van der Waals surface area contributed by atoms with E-state index < -0.39 is 80.6 Å². The van der Waals surface area contributed by atoms with Gasteiger partial charge in [0.15, 0.2) is 33.3 Å². The maximum atomic E-state index is 14.4. The molecule has 1 saturated carbocycles. The summed E-state index contributed by atoms with van der Waals surface area (Å²) in [6.45, 7) is 19.9. The molecule has 1 aliphatic carbocycles. The number of carbonyl (C=O) groups is 1. The van der Waals surface area contributed by atoms with E-state index in [2.05, 4.69) is 15.1 Å². The lowest BCUT2D eigenvalue weighted by molar-refractivity contribution is -0.195. The highest BCUT2D eigenvalue weighted by molar-refractivity contribution is 7.99. The molecule has 4 heterocycles. The van der Waals surface area contributed by atoms with Gasteiger partial charge < -0.3 is 23.5 Å². The average Bonchev–Trinajstić information content (AvgIpc) is 3.67. The minimum atomic E-state index is -3.92. The number of ether oxygens (including phenoxy) is 4. The fraction of sp³-hybridized carbons (Fsp3) is 0.812. The third kappa shape index (κ3) is 7.30. The molecule has 2 aliphatic heterocycles.